The molecule has 1 N–H and O–H groups in total. The molecule has 1 aromatic carbocycles. The number of thiophene rings is 1. The van der Waals surface area contributed by atoms with Crippen molar-refractivity contribution in [2.75, 3.05) is 0 Å². The van der Waals surface area contributed by atoms with E-state index in [1.807, 2.05) is 17.5 Å². The molecule has 2 aromatic heterocycles. The van der Waals surface area contributed by atoms with Crippen LogP contribution in [0, 0.1) is 5.82 Å². The fourth-order valence-corrected chi connectivity index (χ4v) is 3.69. The van der Waals surface area contributed by atoms with E-state index in [0.29, 0.717) is 0 Å². The van der Waals surface area contributed by atoms with E-state index in [1.54, 1.807) is 17.5 Å². The number of carbonyl (C=O) groups is 2. The summed E-state index contributed by atoms with van der Waals surface area (Å²) in [6, 6.07) is 9.62. The molecule has 0 aliphatic carbocycles. The van der Waals surface area contributed by atoms with Crippen molar-refractivity contribution in [3.05, 3.63) is 64.2 Å². The van der Waals surface area contributed by atoms with Gasteiger partial charge in [-0.25, -0.2) is 14.2 Å². The summed E-state index contributed by atoms with van der Waals surface area (Å²) in [6.07, 6.45) is -0.963. The zero-order chi connectivity index (χ0) is 18.5. The van der Waals surface area contributed by atoms with Gasteiger partial charge in [0.05, 0.1) is 4.88 Å². The highest BCUT2D eigenvalue weighted by Gasteiger charge is 2.21. The van der Waals surface area contributed by atoms with Gasteiger partial charge in [-0.2, -0.15) is 0 Å². The number of amides is 1. The summed E-state index contributed by atoms with van der Waals surface area (Å²) in [4.78, 5) is 29.4. The predicted octanol–water partition coefficient (Wildman–Crippen LogP) is 3.87. The SMILES string of the molecule is C[C@@H](OC(=O)c1csc(-c2cccs2)n1)C(=O)NCc1ccc(F)cc1. The summed E-state index contributed by atoms with van der Waals surface area (Å²) in [5, 5.41) is 6.93. The van der Waals surface area contributed by atoms with Crippen LogP contribution in [0.25, 0.3) is 9.88 Å². The van der Waals surface area contributed by atoms with Crippen molar-refractivity contribution in [1.82, 2.24) is 10.3 Å². The summed E-state index contributed by atoms with van der Waals surface area (Å²) >= 11 is 2.88. The molecule has 0 fully saturated rings. The summed E-state index contributed by atoms with van der Waals surface area (Å²) in [5.41, 5.74) is 0.926. The standard InChI is InChI=1S/C18H15FN2O3S2/c1-11(16(22)20-9-12-4-6-13(19)7-5-12)24-18(23)14-10-26-17(21-14)15-3-2-8-25-15/h2-8,10-11H,9H2,1H3,(H,20,22)/t11-/m1/s1. The first-order valence-corrected chi connectivity index (χ1v) is 9.51. The molecule has 1 atom stereocenters. The van der Waals surface area contributed by atoms with Crippen LogP contribution in [0.5, 0.6) is 0 Å². The van der Waals surface area contributed by atoms with Crippen LogP contribution in [0.2, 0.25) is 0 Å². The fourth-order valence-electron chi connectivity index (χ4n) is 2.09. The van der Waals surface area contributed by atoms with Crippen molar-refractivity contribution >= 4 is 34.6 Å². The predicted molar refractivity (Wildman–Crippen MR) is 98.6 cm³/mol. The maximum atomic E-state index is 12.9. The molecule has 8 heteroatoms. The van der Waals surface area contributed by atoms with Gasteiger partial charge in [0.1, 0.15) is 10.8 Å². The Balaban J connectivity index is 1.53. The van der Waals surface area contributed by atoms with E-state index in [-0.39, 0.29) is 18.1 Å². The third-order valence-corrected chi connectivity index (χ3v) is 5.36. The van der Waals surface area contributed by atoms with Crippen molar-refractivity contribution in [1.29, 1.82) is 0 Å². The van der Waals surface area contributed by atoms with E-state index in [4.69, 9.17) is 4.74 Å². The molecule has 26 heavy (non-hydrogen) atoms. The zero-order valence-electron chi connectivity index (χ0n) is 13.8. The molecule has 0 saturated carbocycles. The van der Waals surface area contributed by atoms with E-state index in [9.17, 15) is 14.0 Å². The molecule has 5 nitrogen and oxygen atoms in total. The smallest absolute Gasteiger partial charge is 0.358 e. The number of rotatable bonds is 6. The highest BCUT2D eigenvalue weighted by atomic mass is 32.1. The molecule has 0 radical (unpaired) electrons. The number of esters is 1. The summed E-state index contributed by atoms with van der Waals surface area (Å²) < 4.78 is 18.0. The number of thiazole rings is 1. The maximum absolute atomic E-state index is 12.9. The molecule has 0 aliphatic heterocycles. The third-order valence-electron chi connectivity index (χ3n) is 3.48. The number of carbonyl (C=O) groups excluding carboxylic acids is 2. The van der Waals surface area contributed by atoms with Gasteiger partial charge in [-0.15, -0.1) is 22.7 Å². The van der Waals surface area contributed by atoms with Gasteiger partial charge in [0.15, 0.2) is 11.8 Å². The Bertz CT molecular complexity index is 892. The molecule has 0 bridgehead atoms. The van der Waals surface area contributed by atoms with Crippen LogP contribution in [0.4, 0.5) is 4.39 Å². The minimum absolute atomic E-state index is 0.177. The number of hydrogen-bond donors (Lipinski definition) is 1. The van der Waals surface area contributed by atoms with Gasteiger partial charge in [-0.05, 0) is 36.1 Å². The normalized spacial score (nSPS) is 11.8. The lowest BCUT2D eigenvalue weighted by atomic mass is 10.2. The van der Waals surface area contributed by atoms with Gasteiger partial charge >= 0.3 is 5.97 Å². The molecule has 3 aromatic rings. The average molecular weight is 390 g/mol. The summed E-state index contributed by atoms with van der Waals surface area (Å²) in [5.74, 6) is -1.42. The number of halogens is 1. The topological polar surface area (TPSA) is 68.3 Å². The minimum atomic E-state index is -0.963. The molecular weight excluding hydrogens is 375 g/mol. The largest absolute Gasteiger partial charge is 0.448 e. The first-order chi connectivity index (χ1) is 12.5. The lowest BCUT2D eigenvalue weighted by Crippen LogP contribution is -2.35. The van der Waals surface area contributed by atoms with Gasteiger partial charge in [-0.1, -0.05) is 18.2 Å². The van der Waals surface area contributed by atoms with E-state index in [1.165, 1.54) is 41.7 Å². The quantitative estimate of drug-likeness (QED) is 0.649. The second kappa shape index (κ2) is 8.20. The van der Waals surface area contributed by atoms with Crippen LogP contribution < -0.4 is 5.32 Å². The third kappa shape index (κ3) is 4.53. The Hall–Kier alpha value is -2.58. The van der Waals surface area contributed by atoms with Crippen LogP contribution >= 0.6 is 22.7 Å². The first-order valence-electron chi connectivity index (χ1n) is 7.75. The molecule has 3 rings (SSSR count). The van der Waals surface area contributed by atoms with Crippen molar-refractivity contribution in [3.8, 4) is 9.88 Å². The van der Waals surface area contributed by atoms with Gasteiger partial charge in [0.2, 0.25) is 0 Å². The lowest BCUT2D eigenvalue weighted by molar-refractivity contribution is -0.129. The first kappa shape index (κ1) is 18.2. The molecule has 2 heterocycles. The van der Waals surface area contributed by atoms with Crippen molar-refractivity contribution < 1.29 is 18.7 Å². The Labute approximate surface area is 157 Å². The number of nitrogens with zero attached hydrogens (tertiary/aromatic N) is 1. The Morgan fingerprint density at radius 3 is 2.69 bits per heavy atom. The number of hydrogen-bond acceptors (Lipinski definition) is 6. The summed E-state index contributed by atoms with van der Waals surface area (Å²) in [7, 11) is 0. The van der Waals surface area contributed by atoms with Gasteiger partial charge in [0.25, 0.3) is 5.91 Å². The van der Waals surface area contributed by atoms with E-state index < -0.39 is 18.0 Å². The zero-order valence-corrected chi connectivity index (χ0v) is 15.4. The van der Waals surface area contributed by atoms with Gasteiger partial charge < -0.3 is 10.1 Å². The number of benzene rings is 1. The number of aromatic nitrogens is 1. The molecule has 134 valence electrons. The van der Waals surface area contributed by atoms with Gasteiger partial charge in [-0.3, -0.25) is 4.79 Å². The molecular formula is C18H15FN2O3S2. The van der Waals surface area contributed by atoms with Crippen LogP contribution in [-0.2, 0) is 16.1 Å². The number of nitrogens with one attached hydrogen (secondary N) is 1. The number of ether oxygens (including phenoxy) is 1. The van der Waals surface area contributed by atoms with E-state index >= 15 is 0 Å². The van der Waals surface area contributed by atoms with Gasteiger partial charge in [0, 0.05) is 11.9 Å². The van der Waals surface area contributed by atoms with Crippen molar-refractivity contribution in [2.45, 2.75) is 19.6 Å². The molecule has 0 unspecified atom stereocenters. The van der Waals surface area contributed by atoms with E-state index in [0.717, 1.165) is 15.4 Å². The Morgan fingerprint density at radius 1 is 1.23 bits per heavy atom. The molecule has 0 spiro atoms. The van der Waals surface area contributed by atoms with Crippen LogP contribution in [0.1, 0.15) is 23.0 Å². The van der Waals surface area contributed by atoms with Crippen LogP contribution in [-0.4, -0.2) is 23.0 Å². The van der Waals surface area contributed by atoms with E-state index in [2.05, 4.69) is 10.3 Å². The Kier molecular flexibility index (Phi) is 5.75. The maximum Gasteiger partial charge on any atom is 0.358 e. The monoisotopic (exact) mass is 390 g/mol. The average Bonchev–Trinajstić information content (AvgIpc) is 3.32. The van der Waals surface area contributed by atoms with Crippen LogP contribution in [0.3, 0.4) is 0 Å². The van der Waals surface area contributed by atoms with Crippen molar-refractivity contribution in [2.24, 2.45) is 0 Å². The molecule has 1 amide bonds. The van der Waals surface area contributed by atoms with Crippen LogP contribution in [0.15, 0.2) is 47.2 Å². The second-order valence-corrected chi connectivity index (χ2v) is 7.21. The lowest BCUT2D eigenvalue weighted by Gasteiger charge is -2.12. The highest BCUT2D eigenvalue weighted by molar-refractivity contribution is 7.20. The molecule has 0 aliphatic rings. The fraction of sp³-hybridized carbons (Fsp3) is 0.167. The minimum Gasteiger partial charge on any atom is -0.448 e. The second-order valence-electron chi connectivity index (χ2n) is 5.41. The highest BCUT2D eigenvalue weighted by Crippen LogP contribution is 2.28. The molecule has 0 saturated heterocycles. The van der Waals surface area contributed by atoms with Crippen molar-refractivity contribution in [3.63, 3.8) is 0 Å². The Morgan fingerprint density at radius 2 is 2.00 bits per heavy atom. The summed E-state index contributed by atoms with van der Waals surface area (Å²) in [6.45, 7) is 1.71.